The maximum Gasteiger partial charge on any atom is 0.0753 e. The quantitative estimate of drug-likeness (QED) is 0.634. The molecule has 2 N–H and O–H groups in total. The van der Waals surface area contributed by atoms with Crippen LogP contribution in [0.4, 0.5) is 0 Å². The highest BCUT2D eigenvalue weighted by Gasteiger charge is 1.96. The van der Waals surface area contributed by atoms with Gasteiger partial charge in [0.05, 0.1) is 12.6 Å². The standard InChI is InChI=1S/C10H20N2O/c1-4-10(13-3)6-5-9(2)12-8-7-11/h5-6,10H,4,7-8,11H2,1-3H3/b6-5-,12-9?. The number of hydrogen-bond acceptors (Lipinski definition) is 3. The summed E-state index contributed by atoms with van der Waals surface area (Å²) in [5, 5.41) is 0. The zero-order chi connectivity index (χ0) is 10.1. The van der Waals surface area contributed by atoms with Gasteiger partial charge in [-0.2, -0.15) is 0 Å². The fraction of sp³-hybridized carbons (Fsp3) is 0.700. The molecule has 1 atom stereocenters. The zero-order valence-corrected chi connectivity index (χ0v) is 8.79. The molecule has 0 aliphatic carbocycles. The van der Waals surface area contributed by atoms with Crippen LogP contribution in [0, 0.1) is 0 Å². The van der Waals surface area contributed by atoms with E-state index in [1.54, 1.807) is 7.11 Å². The first-order valence-electron chi connectivity index (χ1n) is 4.66. The fourth-order valence-corrected chi connectivity index (χ4v) is 0.922. The second-order valence-corrected chi connectivity index (χ2v) is 2.85. The average molecular weight is 184 g/mol. The minimum atomic E-state index is 0.197. The summed E-state index contributed by atoms with van der Waals surface area (Å²) in [6, 6.07) is 0. The third-order valence-electron chi connectivity index (χ3n) is 1.75. The van der Waals surface area contributed by atoms with Gasteiger partial charge in [0, 0.05) is 19.4 Å². The molecule has 0 aromatic carbocycles. The first-order chi connectivity index (χ1) is 6.24. The van der Waals surface area contributed by atoms with Crippen molar-refractivity contribution in [3.8, 4) is 0 Å². The van der Waals surface area contributed by atoms with E-state index < -0.39 is 0 Å². The first-order valence-corrected chi connectivity index (χ1v) is 4.66. The molecule has 76 valence electrons. The van der Waals surface area contributed by atoms with Crippen LogP contribution < -0.4 is 5.73 Å². The van der Waals surface area contributed by atoms with Crippen molar-refractivity contribution in [3.05, 3.63) is 12.2 Å². The Bertz CT molecular complexity index is 172. The van der Waals surface area contributed by atoms with E-state index in [9.17, 15) is 0 Å². The van der Waals surface area contributed by atoms with Crippen molar-refractivity contribution < 1.29 is 4.74 Å². The van der Waals surface area contributed by atoms with E-state index in [-0.39, 0.29) is 6.10 Å². The van der Waals surface area contributed by atoms with Crippen molar-refractivity contribution in [2.75, 3.05) is 20.2 Å². The minimum absolute atomic E-state index is 0.197. The number of allylic oxidation sites excluding steroid dienone is 1. The van der Waals surface area contributed by atoms with Gasteiger partial charge < -0.3 is 10.5 Å². The van der Waals surface area contributed by atoms with Gasteiger partial charge in [-0.05, 0) is 19.4 Å². The maximum atomic E-state index is 5.33. The van der Waals surface area contributed by atoms with Crippen LogP contribution in [0.15, 0.2) is 17.1 Å². The number of rotatable bonds is 6. The van der Waals surface area contributed by atoms with Gasteiger partial charge in [-0.1, -0.05) is 13.0 Å². The molecule has 0 spiro atoms. The molecule has 0 heterocycles. The molecule has 0 fully saturated rings. The van der Waals surface area contributed by atoms with Gasteiger partial charge in [0.1, 0.15) is 0 Å². The monoisotopic (exact) mass is 184 g/mol. The minimum Gasteiger partial charge on any atom is -0.377 e. The molecule has 13 heavy (non-hydrogen) atoms. The van der Waals surface area contributed by atoms with Crippen LogP contribution in [0.2, 0.25) is 0 Å². The number of nitrogens with two attached hydrogens (primary N) is 1. The Balaban J connectivity index is 3.93. The molecule has 0 aromatic heterocycles. The van der Waals surface area contributed by atoms with E-state index in [1.807, 2.05) is 19.1 Å². The Morgan fingerprint density at radius 1 is 1.62 bits per heavy atom. The number of hydrogen-bond donors (Lipinski definition) is 1. The van der Waals surface area contributed by atoms with Crippen LogP contribution in [0.25, 0.3) is 0 Å². The molecule has 0 rings (SSSR count). The van der Waals surface area contributed by atoms with E-state index in [0.29, 0.717) is 13.1 Å². The SMILES string of the molecule is CCC(/C=C\C(C)=NCCN)OC. The van der Waals surface area contributed by atoms with Crippen LogP contribution in [0.5, 0.6) is 0 Å². The van der Waals surface area contributed by atoms with Gasteiger partial charge in [-0.3, -0.25) is 4.99 Å². The molecule has 0 saturated carbocycles. The van der Waals surface area contributed by atoms with Crippen LogP contribution in [-0.2, 0) is 4.74 Å². The predicted octanol–water partition coefficient (Wildman–Crippen LogP) is 1.39. The second kappa shape index (κ2) is 7.95. The summed E-state index contributed by atoms with van der Waals surface area (Å²) >= 11 is 0. The smallest absolute Gasteiger partial charge is 0.0753 e. The van der Waals surface area contributed by atoms with E-state index in [0.717, 1.165) is 12.1 Å². The second-order valence-electron chi connectivity index (χ2n) is 2.85. The fourth-order valence-electron chi connectivity index (χ4n) is 0.922. The summed E-state index contributed by atoms with van der Waals surface area (Å²) in [4.78, 5) is 4.23. The highest BCUT2D eigenvalue weighted by atomic mass is 16.5. The van der Waals surface area contributed by atoms with E-state index >= 15 is 0 Å². The lowest BCUT2D eigenvalue weighted by atomic mass is 10.2. The normalized spacial score (nSPS) is 15.2. The van der Waals surface area contributed by atoms with Gasteiger partial charge in [-0.25, -0.2) is 0 Å². The van der Waals surface area contributed by atoms with Gasteiger partial charge in [0.15, 0.2) is 0 Å². The topological polar surface area (TPSA) is 47.6 Å². The van der Waals surface area contributed by atoms with Gasteiger partial charge in [0.2, 0.25) is 0 Å². The lowest BCUT2D eigenvalue weighted by Crippen LogP contribution is -2.06. The third-order valence-corrected chi connectivity index (χ3v) is 1.75. The van der Waals surface area contributed by atoms with Crippen LogP contribution in [-0.4, -0.2) is 32.0 Å². The summed E-state index contributed by atoms with van der Waals surface area (Å²) in [5.74, 6) is 0. The van der Waals surface area contributed by atoms with Crippen molar-refractivity contribution in [2.24, 2.45) is 10.7 Å². The Morgan fingerprint density at radius 2 is 2.31 bits per heavy atom. The van der Waals surface area contributed by atoms with Gasteiger partial charge in [0.25, 0.3) is 0 Å². The largest absolute Gasteiger partial charge is 0.377 e. The predicted molar refractivity (Wildman–Crippen MR) is 57.3 cm³/mol. The maximum absolute atomic E-state index is 5.33. The molecule has 0 aliphatic rings. The summed E-state index contributed by atoms with van der Waals surface area (Å²) in [5.41, 5.74) is 6.33. The first kappa shape index (κ1) is 12.3. The molecular formula is C10H20N2O. The molecule has 3 heteroatoms. The van der Waals surface area contributed by atoms with Crippen molar-refractivity contribution in [3.63, 3.8) is 0 Å². The number of ether oxygens (including phenoxy) is 1. The molecule has 1 unspecified atom stereocenters. The van der Waals surface area contributed by atoms with Crippen LogP contribution >= 0.6 is 0 Å². The summed E-state index contributed by atoms with van der Waals surface area (Å²) in [7, 11) is 1.71. The zero-order valence-electron chi connectivity index (χ0n) is 8.79. The molecule has 0 radical (unpaired) electrons. The highest BCUT2D eigenvalue weighted by molar-refractivity contribution is 5.92. The third kappa shape index (κ3) is 6.49. The summed E-state index contributed by atoms with van der Waals surface area (Å²) in [6.45, 7) is 5.35. The Kier molecular flexibility index (Phi) is 7.54. The molecular weight excluding hydrogens is 164 g/mol. The number of methoxy groups -OCH3 is 1. The number of nitrogens with zero attached hydrogens (tertiary/aromatic N) is 1. The van der Waals surface area contributed by atoms with Crippen molar-refractivity contribution in [2.45, 2.75) is 26.4 Å². The molecule has 0 saturated heterocycles. The van der Waals surface area contributed by atoms with Gasteiger partial charge in [-0.15, -0.1) is 0 Å². The van der Waals surface area contributed by atoms with Crippen molar-refractivity contribution >= 4 is 5.71 Å². The van der Waals surface area contributed by atoms with E-state index in [4.69, 9.17) is 10.5 Å². The Hall–Kier alpha value is -0.670. The summed E-state index contributed by atoms with van der Waals surface area (Å²) in [6.07, 6.45) is 5.18. The van der Waals surface area contributed by atoms with Crippen molar-refractivity contribution in [1.29, 1.82) is 0 Å². The average Bonchev–Trinajstić information content (AvgIpc) is 2.16. The van der Waals surface area contributed by atoms with E-state index in [2.05, 4.69) is 11.9 Å². The van der Waals surface area contributed by atoms with Gasteiger partial charge >= 0.3 is 0 Å². The molecule has 3 nitrogen and oxygen atoms in total. The molecule has 0 amide bonds. The van der Waals surface area contributed by atoms with E-state index in [1.165, 1.54) is 0 Å². The molecule has 0 aliphatic heterocycles. The Morgan fingerprint density at radius 3 is 2.77 bits per heavy atom. The summed E-state index contributed by atoms with van der Waals surface area (Å²) < 4.78 is 5.19. The van der Waals surface area contributed by atoms with Crippen LogP contribution in [0.1, 0.15) is 20.3 Å². The number of aliphatic imine (C=N–C) groups is 1. The lowest BCUT2D eigenvalue weighted by molar-refractivity contribution is 0.138. The van der Waals surface area contributed by atoms with Crippen molar-refractivity contribution in [1.82, 2.24) is 0 Å². The molecule has 0 aromatic rings. The Labute approximate surface area is 80.7 Å². The van der Waals surface area contributed by atoms with Crippen LogP contribution in [0.3, 0.4) is 0 Å². The lowest BCUT2D eigenvalue weighted by Gasteiger charge is -2.05. The molecule has 0 bridgehead atoms. The highest BCUT2D eigenvalue weighted by Crippen LogP contribution is 1.97.